The van der Waals surface area contributed by atoms with Gasteiger partial charge in [0, 0.05) is 28.9 Å². The minimum absolute atomic E-state index is 0.156. The lowest BCUT2D eigenvalue weighted by Gasteiger charge is -2.14. The summed E-state index contributed by atoms with van der Waals surface area (Å²) in [6.07, 6.45) is 3.02. The molecule has 3 aromatic heterocycles. The molecule has 0 saturated carbocycles. The van der Waals surface area contributed by atoms with Crippen molar-refractivity contribution in [1.29, 1.82) is 0 Å². The summed E-state index contributed by atoms with van der Waals surface area (Å²) < 4.78 is 18.6. The van der Waals surface area contributed by atoms with E-state index in [0.717, 1.165) is 34.6 Å². The summed E-state index contributed by atoms with van der Waals surface area (Å²) in [7, 11) is 3.06. The molecule has 0 fully saturated rings. The third kappa shape index (κ3) is 3.56. The van der Waals surface area contributed by atoms with Crippen molar-refractivity contribution in [3.05, 3.63) is 52.9 Å². The molecule has 35 heavy (non-hydrogen) atoms. The Hall–Kier alpha value is -4.07. The number of aromatic nitrogens is 2. The minimum atomic E-state index is -0.645. The minimum Gasteiger partial charge on any atom is -0.493 e. The summed E-state index contributed by atoms with van der Waals surface area (Å²) in [5.74, 6) is 1.26. The Morgan fingerprint density at radius 3 is 2.66 bits per heavy atom. The summed E-state index contributed by atoms with van der Waals surface area (Å²) in [5, 5.41) is 5.72. The molecule has 1 N–H and O–H groups in total. The average molecular weight is 474 g/mol. The molecule has 5 rings (SSSR count). The summed E-state index contributed by atoms with van der Waals surface area (Å²) in [4.78, 5) is 30.8. The monoisotopic (exact) mass is 473 g/mol. The second-order valence-electron chi connectivity index (χ2n) is 8.50. The standard InChI is InChI=1S/C27H27N3O5/c1-5-6-12-29-26(31)15(2)35-16-7-9-20-19(14-16)17-11-13-28-23-18-8-10-21(33-3)25(34-4)22(18)27(32)30(20)24(17)23/h7-11,13-15H,5-6,12H2,1-4H3,(H,29,31)/t15-/m1/s1. The van der Waals surface area contributed by atoms with Crippen LogP contribution in [-0.2, 0) is 4.79 Å². The molecule has 1 amide bonds. The fraction of sp³-hybridized carbons (Fsp3) is 0.296. The molecular formula is C27H27N3O5. The highest BCUT2D eigenvalue weighted by molar-refractivity contribution is 6.19. The van der Waals surface area contributed by atoms with Crippen molar-refractivity contribution in [3.8, 4) is 17.2 Å². The number of hydrogen-bond acceptors (Lipinski definition) is 6. The molecule has 0 bridgehead atoms. The number of carbonyl (C=O) groups excluding carboxylic acids is 1. The number of hydrogen-bond donors (Lipinski definition) is 1. The molecule has 5 aromatic rings. The first-order valence-electron chi connectivity index (χ1n) is 11.7. The lowest BCUT2D eigenvalue weighted by atomic mass is 10.1. The molecule has 0 unspecified atom stereocenters. The smallest absolute Gasteiger partial charge is 0.267 e. The lowest BCUT2D eigenvalue weighted by Crippen LogP contribution is -2.36. The van der Waals surface area contributed by atoms with Crippen molar-refractivity contribution in [1.82, 2.24) is 14.7 Å². The molecule has 0 spiro atoms. The van der Waals surface area contributed by atoms with E-state index in [9.17, 15) is 9.59 Å². The van der Waals surface area contributed by atoms with Crippen molar-refractivity contribution >= 4 is 44.0 Å². The average Bonchev–Trinajstić information content (AvgIpc) is 3.21. The number of fused-ring (bicyclic) bond motifs is 5. The molecule has 8 heteroatoms. The Bertz CT molecular complexity index is 1630. The molecule has 0 aliphatic rings. The fourth-order valence-electron chi connectivity index (χ4n) is 4.66. The van der Waals surface area contributed by atoms with Gasteiger partial charge in [0.05, 0.1) is 36.2 Å². The number of amides is 1. The van der Waals surface area contributed by atoms with Gasteiger partial charge in [-0.2, -0.15) is 0 Å². The van der Waals surface area contributed by atoms with Crippen molar-refractivity contribution in [2.24, 2.45) is 0 Å². The molecule has 3 heterocycles. The highest BCUT2D eigenvalue weighted by Crippen LogP contribution is 2.39. The lowest BCUT2D eigenvalue weighted by molar-refractivity contribution is -0.127. The van der Waals surface area contributed by atoms with E-state index >= 15 is 0 Å². The van der Waals surface area contributed by atoms with Gasteiger partial charge in [0.25, 0.3) is 11.5 Å². The second-order valence-corrected chi connectivity index (χ2v) is 8.50. The van der Waals surface area contributed by atoms with Gasteiger partial charge in [-0.1, -0.05) is 13.3 Å². The fourth-order valence-corrected chi connectivity index (χ4v) is 4.66. The van der Waals surface area contributed by atoms with Gasteiger partial charge in [-0.15, -0.1) is 0 Å². The number of unbranched alkanes of at least 4 members (excludes halogenated alkanes) is 1. The first-order chi connectivity index (χ1) is 17.0. The number of nitrogens with one attached hydrogen (secondary N) is 1. The number of ether oxygens (including phenoxy) is 3. The summed E-state index contributed by atoms with van der Waals surface area (Å²) in [6.45, 7) is 4.43. The van der Waals surface area contributed by atoms with Crippen LogP contribution in [-0.4, -0.2) is 42.2 Å². The van der Waals surface area contributed by atoms with Gasteiger partial charge >= 0.3 is 0 Å². The van der Waals surface area contributed by atoms with E-state index in [0.29, 0.717) is 40.1 Å². The van der Waals surface area contributed by atoms with Crippen LogP contribution in [0.4, 0.5) is 0 Å². The number of benzene rings is 2. The van der Waals surface area contributed by atoms with E-state index in [1.165, 1.54) is 7.11 Å². The van der Waals surface area contributed by atoms with E-state index < -0.39 is 6.10 Å². The zero-order valence-electron chi connectivity index (χ0n) is 20.2. The van der Waals surface area contributed by atoms with Crippen LogP contribution in [0.15, 0.2) is 47.4 Å². The van der Waals surface area contributed by atoms with Crippen LogP contribution in [0.25, 0.3) is 38.1 Å². The third-order valence-corrected chi connectivity index (χ3v) is 6.38. The molecule has 0 aliphatic heterocycles. The van der Waals surface area contributed by atoms with E-state index in [-0.39, 0.29) is 11.5 Å². The Labute approximate surface area is 201 Å². The van der Waals surface area contributed by atoms with Crippen LogP contribution in [0.5, 0.6) is 17.2 Å². The number of rotatable bonds is 8. The van der Waals surface area contributed by atoms with Gasteiger partial charge in [-0.25, -0.2) is 0 Å². The van der Waals surface area contributed by atoms with Gasteiger partial charge in [-0.05, 0) is 49.7 Å². The Kier molecular flexibility index (Phi) is 5.80. The van der Waals surface area contributed by atoms with Crippen LogP contribution in [0.2, 0.25) is 0 Å². The maximum Gasteiger partial charge on any atom is 0.267 e. The Balaban J connectivity index is 1.69. The van der Waals surface area contributed by atoms with Crippen molar-refractivity contribution in [2.75, 3.05) is 20.8 Å². The van der Waals surface area contributed by atoms with E-state index in [4.69, 9.17) is 14.2 Å². The molecular weight excluding hydrogens is 446 g/mol. The van der Waals surface area contributed by atoms with E-state index in [2.05, 4.69) is 17.2 Å². The van der Waals surface area contributed by atoms with Crippen LogP contribution < -0.4 is 25.1 Å². The zero-order chi connectivity index (χ0) is 24.7. The van der Waals surface area contributed by atoms with Gasteiger partial charge < -0.3 is 19.5 Å². The number of methoxy groups -OCH3 is 2. The van der Waals surface area contributed by atoms with E-state index in [1.54, 1.807) is 36.8 Å². The summed E-state index contributed by atoms with van der Waals surface area (Å²) in [5.41, 5.74) is 1.94. The zero-order valence-corrected chi connectivity index (χ0v) is 20.2. The van der Waals surface area contributed by atoms with Gasteiger partial charge in [-0.3, -0.25) is 19.0 Å². The third-order valence-electron chi connectivity index (χ3n) is 6.38. The van der Waals surface area contributed by atoms with Crippen LogP contribution in [0.1, 0.15) is 26.7 Å². The highest BCUT2D eigenvalue weighted by Gasteiger charge is 2.22. The maximum atomic E-state index is 13.8. The van der Waals surface area contributed by atoms with Crippen molar-refractivity contribution in [2.45, 2.75) is 32.8 Å². The Morgan fingerprint density at radius 2 is 1.91 bits per heavy atom. The Morgan fingerprint density at radius 1 is 1.09 bits per heavy atom. The van der Waals surface area contributed by atoms with Crippen LogP contribution >= 0.6 is 0 Å². The largest absolute Gasteiger partial charge is 0.493 e. The number of pyridine rings is 2. The summed E-state index contributed by atoms with van der Waals surface area (Å²) in [6, 6.07) is 11.0. The van der Waals surface area contributed by atoms with Crippen molar-refractivity contribution < 1.29 is 19.0 Å². The van der Waals surface area contributed by atoms with Gasteiger partial charge in [0.1, 0.15) is 5.75 Å². The van der Waals surface area contributed by atoms with Crippen LogP contribution in [0, 0.1) is 0 Å². The van der Waals surface area contributed by atoms with Gasteiger partial charge in [0.15, 0.2) is 17.6 Å². The molecule has 2 aromatic carbocycles. The molecule has 8 nitrogen and oxygen atoms in total. The molecule has 0 aliphatic carbocycles. The topological polar surface area (TPSA) is 91.2 Å². The normalized spacial score (nSPS) is 12.5. The second kappa shape index (κ2) is 8.94. The van der Waals surface area contributed by atoms with Crippen LogP contribution in [0.3, 0.4) is 0 Å². The molecule has 0 radical (unpaired) electrons. The SMILES string of the molecule is CCCCNC(=O)[C@@H](C)Oc1ccc2c(c1)c1ccnc3c4ccc(OC)c(OC)c4c(=O)n2c13. The summed E-state index contributed by atoms with van der Waals surface area (Å²) >= 11 is 0. The van der Waals surface area contributed by atoms with Crippen molar-refractivity contribution in [3.63, 3.8) is 0 Å². The van der Waals surface area contributed by atoms with E-state index in [1.807, 2.05) is 24.3 Å². The quantitative estimate of drug-likeness (QED) is 0.267. The molecule has 0 saturated heterocycles. The predicted molar refractivity (Wildman–Crippen MR) is 136 cm³/mol. The highest BCUT2D eigenvalue weighted by atomic mass is 16.5. The maximum absolute atomic E-state index is 13.8. The molecule has 180 valence electrons. The predicted octanol–water partition coefficient (Wildman–Crippen LogP) is 4.29. The number of carbonyl (C=O) groups is 1. The number of nitrogens with zero attached hydrogens (tertiary/aromatic N) is 2. The first kappa shape index (κ1) is 22.7. The molecule has 1 atom stereocenters. The van der Waals surface area contributed by atoms with Gasteiger partial charge in [0.2, 0.25) is 0 Å². The first-order valence-corrected chi connectivity index (χ1v) is 11.7.